The molecule has 0 aliphatic carbocycles. The maximum Gasteiger partial charge on any atom is 0.251 e. The van der Waals surface area contributed by atoms with Crippen LogP contribution in [-0.2, 0) is 10.2 Å². The minimum absolute atomic E-state index is 0.0957. The Balaban J connectivity index is 1.77. The molecule has 5 heteroatoms. The molecule has 0 unspecified atom stereocenters. The van der Waals surface area contributed by atoms with Crippen LogP contribution in [0.4, 0.5) is 10.1 Å². The van der Waals surface area contributed by atoms with E-state index in [4.69, 9.17) is 4.74 Å². The van der Waals surface area contributed by atoms with E-state index in [1.54, 1.807) is 0 Å². The highest BCUT2D eigenvalue weighted by atomic mass is 19.1. The quantitative estimate of drug-likeness (QED) is 0.893. The van der Waals surface area contributed by atoms with E-state index in [0.717, 1.165) is 24.1 Å². The van der Waals surface area contributed by atoms with Gasteiger partial charge in [0, 0.05) is 50.5 Å². The Morgan fingerprint density at radius 2 is 1.85 bits per heavy atom. The summed E-state index contributed by atoms with van der Waals surface area (Å²) in [5, 5.41) is 3.08. The number of benzene rings is 2. The molecular weight excluding hydrogens is 331 g/mol. The molecule has 1 aliphatic rings. The number of hydrogen-bond donors (Lipinski definition) is 1. The normalized spacial score (nSPS) is 16.1. The third-order valence-corrected chi connectivity index (χ3v) is 5.12. The SMILES string of the molecule is CN(C)c1cccc(C(=O)NCC2(c3ccc(F)cc3)CCOCC2)c1. The third kappa shape index (κ3) is 4.05. The lowest BCUT2D eigenvalue weighted by molar-refractivity contribution is 0.0487. The van der Waals surface area contributed by atoms with E-state index in [1.165, 1.54) is 12.1 Å². The van der Waals surface area contributed by atoms with Gasteiger partial charge in [0.05, 0.1) is 0 Å². The van der Waals surface area contributed by atoms with Crippen molar-refractivity contribution in [3.63, 3.8) is 0 Å². The number of halogens is 1. The summed E-state index contributed by atoms with van der Waals surface area (Å²) in [6.07, 6.45) is 1.60. The molecule has 1 amide bonds. The Bertz CT molecular complexity index is 753. The minimum atomic E-state index is -0.250. The summed E-state index contributed by atoms with van der Waals surface area (Å²) in [7, 11) is 3.89. The predicted molar refractivity (Wildman–Crippen MR) is 101 cm³/mol. The van der Waals surface area contributed by atoms with E-state index in [1.807, 2.05) is 55.4 Å². The number of anilines is 1. The van der Waals surface area contributed by atoms with Gasteiger partial charge in [-0.15, -0.1) is 0 Å². The van der Waals surface area contributed by atoms with Gasteiger partial charge in [0.25, 0.3) is 5.91 Å². The molecule has 0 spiro atoms. The van der Waals surface area contributed by atoms with Crippen molar-refractivity contribution in [3.8, 4) is 0 Å². The summed E-state index contributed by atoms with van der Waals surface area (Å²) < 4.78 is 18.8. The van der Waals surface area contributed by atoms with E-state index in [-0.39, 0.29) is 17.1 Å². The molecule has 0 radical (unpaired) electrons. The van der Waals surface area contributed by atoms with Crippen LogP contribution in [0.15, 0.2) is 48.5 Å². The zero-order chi connectivity index (χ0) is 18.6. The summed E-state index contributed by atoms with van der Waals surface area (Å²) in [4.78, 5) is 14.6. The highest BCUT2D eigenvalue weighted by Gasteiger charge is 2.35. The first kappa shape index (κ1) is 18.4. The monoisotopic (exact) mass is 356 g/mol. The molecule has 0 bridgehead atoms. The predicted octanol–water partition coefficient (Wildman–Crippen LogP) is 3.37. The molecule has 1 N–H and O–H groups in total. The van der Waals surface area contributed by atoms with Crippen molar-refractivity contribution in [1.29, 1.82) is 0 Å². The van der Waals surface area contributed by atoms with Crippen molar-refractivity contribution in [2.24, 2.45) is 0 Å². The zero-order valence-electron chi connectivity index (χ0n) is 15.3. The molecule has 3 rings (SSSR count). The number of ether oxygens (including phenoxy) is 1. The van der Waals surface area contributed by atoms with Gasteiger partial charge in [0.2, 0.25) is 0 Å². The van der Waals surface area contributed by atoms with Crippen LogP contribution in [0.25, 0.3) is 0 Å². The van der Waals surface area contributed by atoms with Gasteiger partial charge in [-0.25, -0.2) is 4.39 Å². The number of carbonyl (C=O) groups is 1. The first-order valence-corrected chi connectivity index (χ1v) is 8.90. The highest BCUT2D eigenvalue weighted by molar-refractivity contribution is 5.95. The highest BCUT2D eigenvalue weighted by Crippen LogP contribution is 2.34. The Morgan fingerprint density at radius 3 is 2.50 bits per heavy atom. The molecule has 2 aromatic rings. The molecule has 1 aliphatic heterocycles. The van der Waals surface area contributed by atoms with Gasteiger partial charge in [-0.2, -0.15) is 0 Å². The van der Waals surface area contributed by atoms with Gasteiger partial charge in [-0.3, -0.25) is 4.79 Å². The fraction of sp³-hybridized carbons (Fsp3) is 0.381. The molecule has 26 heavy (non-hydrogen) atoms. The molecule has 1 fully saturated rings. The molecule has 1 saturated heterocycles. The second-order valence-electron chi connectivity index (χ2n) is 7.03. The summed E-state index contributed by atoms with van der Waals surface area (Å²) in [6, 6.07) is 14.1. The van der Waals surface area contributed by atoms with Crippen molar-refractivity contribution in [2.45, 2.75) is 18.3 Å². The van der Waals surface area contributed by atoms with Crippen molar-refractivity contribution in [1.82, 2.24) is 5.32 Å². The fourth-order valence-electron chi connectivity index (χ4n) is 3.41. The lowest BCUT2D eigenvalue weighted by Gasteiger charge is -2.38. The first-order valence-electron chi connectivity index (χ1n) is 8.90. The first-order chi connectivity index (χ1) is 12.5. The fourth-order valence-corrected chi connectivity index (χ4v) is 3.41. The number of rotatable bonds is 5. The maximum absolute atomic E-state index is 13.3. The topological polar surface area (TPSA) is 41.6 Å². The molecule has 0 saturated carbocycles. The second-order valence-corrected chi connectivity index (χ2v) is 7.03. The van der Waals surface area contributed by atoms with Crippen LogP contribution >= 0.6 is 0 Å². The lowest BCUT2D eigenvalue weighted by Crippen LogP contribution is -2.44. The molecular formula is C21H25FN2O2. The van der Waals surface area contributed by atoms with Crippen molar-refractivity contribution in [3.05, 3.63) is 65.5 Å². The summed E-state index contributed by atoms with van der Waals surface area (Å²) >= 11 is 0. The summed E-state index contributed by atoms with van der Waals surface area (Å²) in [6.45, 7) is 1.79. The van der Waals surface area contributed by atoms with Gasteiger partial charge in [-0.05, 0) is 48.7 Å². The van der Waals surface area contributed by atoms with Gasteiger partial charge < -0.3 is 15.0 Å². The van der Waals surface area contributed by atoms with Crippen molar-refractivity contribution in [2.75, 3.05) is 38.8 Å². The van der Waals surface area contributed by atoms with Gasteiger partial charge in [0.15, 0.2) is 0 Å². The standard InChI is InChI=1S/C21H25FN2O2/c1-24(2)19-5-3-4-16(14-19)20(25)23-15-21(10-12-26-13-11-21)17-6-8-18(22)9-7-17/h3-9,14H,10-13,15H2,1-2H3,(H,23,25). The number of amides is 1. The van der Waals surface area contributed by atoms with Crippen molar-refractivity contribution < 1.29 is 13.9 Å². The van der Waals surface area contributed by atoms with E-state index >= 15 is 0 Å². The van der Waals surface area contributed by atoms with Gasteiger partial charge >= 0.3 is 0 Å². The largest absolute Gasteiger partial charge is 0.381 e. The molecule has 0 atom stereocenters. The molecule has 138 valence electrons. The molecule has 1 heterocycles. The Labute approximate surface area is 154 Å². The smallest absolute Gasteiger partial charge is 0.251 e. The molecule has 2 aromatic carbocycles. The van der Waals surface area contributed by atoms with Crippen LogP contribution in [0.2, 0.25) is 0 Å². The number of carbonyl (C=O) groups excluding carboxylic acids is 1. The van der Waals surface area contributed by atoms with Gasteiger partial charge in [-0.1, -0.05) is 18.2 Å². The summed E-state index contributed by atoms with van der Waals surface area (Å²) in [5.41, 5.74) is 2.44. The number of nitrogens with one attached hydrogen (secondary N) is 1. The second kappa shape index (κ2) is 7.87. The van der Waals surface area contributed by atoms with E-state index < -0.39 is 0 Å². The molecule has 4 nitrogen and oxygen atoms in total. The van der Waals surface area contributed by atoms with Crippen LogP contribution in [0, 0.1) is 5.82 Å². The van der Waals surface area contributed by atoms with Crippen LogP contribution in [0.1, 0.15) is 28.8 Å². The average molecular weight is 356 g/mol. The maximum atomic E-state index is 13.3. The minimum Gasteiger partial charge on any atom is -0.381 e. The van der Waals surface area contributed by atoms with Crippen LogP contribution < -0.4 is 10.2 Å². The van der Waals surface area contributed by atoms with Gasteiger partial charge in [0.1, 0.15) is 5.82 Å². The lowest BCUT2D eigenvalue weighted by atomic mass is 9.74. The number of hydrogen-bond acceptors (Lipinski definition) is 3. The third-order valence-electron chi connectivity index (χ3n) is 5.12. The van der Waals surface area contributed by atoms with E-state index in [9.17, 15) is 9.18 Å². The zero-order valence-corrected chi connectivity index (χ0v) is 15.3. The number of nitrogens with zero attached hydrogens (tertiary/aromatic N) is 1. The van der Waals surface area contributed by atoms with Crippen LogP contribution in [-0.4, -0.2) is 39.8 Å². The Hall–Kier alpha value is -2.40. The molecule has 0 aromatic heterocycles. The van der Waals surface area contributed by atoms with Crippen LogP contribution in [0.5, 0.6) is 0 Å². The van der Waals surface area contributed by atoms with E-state index in [0.29, 0.717) is 25.3 Å². The van der Waals surface area contributed by atoms with Crippen molar-refractivity contribution >= 4 is 11.6 Å². The Morgan fingerprint density at radius 1 is 1.15 bits per heavy atom. The Kier molecular flexibility index (Phi) is 5.57. The average Bonchev–Trinajstić information content (AvgIpc) is 2.67. The van der Waals surface area contributed by atoms with E-state index in [2.05, 4.69) is 5.32 Å². The summed E-state index contributed by atoms with van der Waals surface area (Å²) in [5.74, 6) is -0.345. The van der Waals surface area contributed by atoms with Crippen LogP contribution in [0.3, 0.4) is 0 Å².